The van der Waals surface area contributed by atoms with Crippen LogP contribution < -0.4 is 5.56 Å². The molecule has 1 saturated heterocycles. The third kappa shape index (κ3) is 3.47. The molecule has 0 saturated carbocycles. The molecule has 2 aromatic rings. The molecule has 0 aliphatic carbocycles. The van der Waals surface area contributed by atoms with Crippen molar-refractivity contribution in [2.45, 2.75) is 31.2 Å². The molecule has 1 fully saturated rings. The Labute approximate surface area is 141 Å². The molecule has 0 spiro atoms. The number of sulfone groups is 1. The lowest BCUT2D eigenvalue weighted by molar-refractivity contribution is 0.0598. The van der Waals surface area contributed by atoms with Crippen molar-refractivity contribution >= 4 is 9.84 Å². The maximum Gasteiger partial charge on any atom is 0.270 e. The fourth-order valence-corrected chi connectivity index (χ4v) is 3.68. The minimum absolute atomic E-state index is 0.0244. The Bertz CT molecular complexity index is 872. The first-order valence-electron chi connectivity index (χ1n) is 8.04. The highest BCUT2D eigenvalue weighted by Crippen LogP contribution is 2.22. The van der Waals surface area contributed by atoms with E-state index in [4.69, 9.17) is 4.74 Å². The zero-order chi connectivity index (χ0) is 17.3. The molecule has 1 aromatic heterocycles. The molecule has 0 atom stereocenters. The van der Waals surface area contributed by atoms with Gasteiger partial charge in [-0.3, -0.25) is 14.6 Å². The number of rotatable bonds is 4. The van der Waals surface area contributed by atoms with Crippen LogP contribution in [0.1, 0.15) is 18.4 Å². The second-order valence-corrected chi connectivity index (χ2v) is 8.40. The summed E-state index contributed by atoms with van der Waals surface area (Å²) in [4.78, 5) is 12.7. The van der Waals surface area contributed by atoms with E-state index < -0.39 is 9.84 Å². The molecule has 24 heavy (non-hydrogen) atoms. The zero-order valence-corrected chi connectivity index (χ0v) is 14.7. The van der Waals surface area contributed by atoms with Gasteiger partial charge in [0.15, 0.2) is 9.84 Å². The lowest BCUT2D eigenvalue weighted by Gasteiger charge is -2.21. The van der Waals surface area contributed by atoms with E-state index in [0.717, 1.165) is 37.3 Å². The van der Waals surface area contributed by atoms with Gasteiger partial charge >= 0.3 is 0 Å². The fourth-order valence-electron chi connectivity index (χ4n) is 3.04. The van der Waals surface area contributed by atoms with Crippen LogP contribution >= 0.6 is 0 Å². The Kier molecular flexibility index (Phi) is 4.64. The molecule has 0 amide bonds. The van der Waals surface area contributed by atoms with E-state index in [2.05, 4.69) is 5.10 Å². The van der Waals surface area contributed by atoms with E-state index in [0.29, 0.717) is 18.0 Å². The molecule has 0 unspecified atom stereocenters. The number of aromatic nitrogens is 2. The molecule has 2 heterocycles. The summed E-state index contributed by atoms with van der Waals surface area (Å²) in [7, 11) is -3.22. The standard InChI is InChI=1S/C17H22N2O4S/c1-12-16(14-3-5-15(6-4-14)24(2,21)22)18-19(17(12)20)11-13-7-9-23-10-8-13/h3-6,13,18H,7-11H2,1-2H3. The van der Waals surface area contributed by atoms with Gasteiger partial charge < -0.3 is 4.74 Å². The predicted molar refractivity (Wildman–Crippen MR) is 91.9 cm³/mol. The van der Waals surface area contributed by atoms with E-state index in [9.17, 15) is 13.2 Å². The second kappa shape index (κ2) is 6.57. The minimum atomic E-state index is -3.22. The van der Waals surface area contributed by atoms with E-state index in [1.165, 1.54) is 6.26 Å². The van der Waals surface area contributed by atoms with Crippen LogP contribution in [0.5, 0.6) is 0 Å². The maximum atomic E-state index is 12.5. The lowest BCUT2D eigenvalue weighted by Crippen LogP contribution is -2.26. The molecule has 3 rings (SSSR count). The molecule has 7 heteroatoms. The Morgan fingerprint density at radius 2 is 1.83 bits per heavy atom. The van der Waals surface area contributed by atoms with Gasteiger partial charge in [-0.15, -0.1) is 0 Å². The first-order valence-corrected chi connectivity index (χ1v) is 9.93. The van der Waals surface area contributed by atoms with Crippen LogP contribution in [0.25, 0.3) is 11.3 Å². The van der Waals surface area contributed by atoms with Crippen molar-refractivity contribution in [2.75, 3.05) is 19.5 Å². The normalized spacial score (nSPS) is 16.4. The first-order chi connectivity index (χ1) is 11.4. The number of H-pyrrole nitrogens is 1. The van der Waals surface area contributed by atoms with Crippen molar-refractivity contribution in [1.29, 1.82) is 0 Å². The zero-order valence-electron chi connectivity index (χ0n) is 13.9. The van der Waals surface area contributed by atoms with Crippen molar-refractivity contribution in [3.05, 3.63) is 40.2 Å². The number of hydrogen-bond donors (Lipinski definition) is 1. The van der Waals surface area contributed by atoms with Gasteiger partial charge in [-0.1, -0.05) is 12.1 Å². The highest BCUT2D eigenvalue weighted by atomic mass is 32.2. The average Bonchev–Trinajstić information content (AvgIpc) is 2.84. The third-order valence-corrected chi connectivity index (χ3v) is 5.67. The monoisotopic (exact) mass is 350 g/mol. The van der Waals surface area contributed by atoms with Crippen LogP contribution in [0, 0.1) is 12.8 Å². The molecule has 1 N–H and O–H groups in total. The second-order valence-electron chi connectivity index (χ2n) is 6.38. The highest BCUT2D eigenvalue weighted by Gasteiger charge is 2.18. The number of aromatic amines is 1. The fraction of sp³-hybridized carbons (Fsp3) is 0.471. The van der Waals surface area contributed by atoms with E-state index >= 15 is 0 Å². The van der Waals surface area contributed by atoms with Crippen molar-refractivity contribution in [3.8, 4) is 11.3 Å². The van der Waals surface area contributed by atoms with E-state index in [1.54, 1.807) is 35.9 Å². The molecule has 1 aromatic carbocycles. The highest BCUT2D eigenvalue weighted by molar-refractivity contribution is 7.90. The van der Waals surface area contributed by atoms with Gasteiger partial charge in [0, 0.05) is 31.6 Å². The SMILES string of the molecule is Cc1c(-c2ccc(S(C)(=O)=O)cc2)[nH]n(CC2CCOCC2)c1=O. The molecule has 1 aliphatic heterocycles. The van der Waals surface area contributed by atoms with Gasteiger partial charge in [0.25, 0.3) is 5.56 Å². The Morgan fingerprint density at radius 3 is 2.42 bits per heavy atom. The number of benzene rings is 1. The van der Waals surface area contributed by atoms with Gasteiger partial charge in [-0.05, 0) is 43.4 Å². The quantitative estimate of drug-likeness (QED) is 0.914. The predicted octanol–water partition coefficient (Wildman–Crippen LogP) is 1.98. The van der Waals surface area contributed by atoms with Gasteiger partial charge in [0.05, 0.1) is 10.6 Å². The summed E-state index contributed by atoms with van der Waals surface area (Å²) in [5.41, 5.74) is 2.17. The van der Waals surface area contributed by atoms with Crippen LogP contribution in [0.15, 0.2) is 34.0 Å². The first kappa shape index (κ1) is 17.0. The molecule has 0 bridgehead atoms. The van der Waals surface area contributed by atoms with Crippen LogP contribution in [0.3, 0.4) is 0 Å². The Balaban J connectivity index is 1.89. The van der Waals surface area contributed by atoms with Crippen LogP contribution in [0.4, 0.5) is 0 Å². The summed E-state index contributed by atoms with van der Waals surface area (Å²) in [6.45, 7) is 3.95. The number of nitrogens with zero attached hydrogens (tertiary/aromatic N) is 1. The molecular weight excluding hydrogens is 328 g/mol. The summed E-state index contributed by atoms with van der Waals surface area (Å²) < 4.78 is 30.1. The summed E-state index contributed by atoms with van der Waals surface area (Å²) >= 11 is 0. The Morgan fingerprint density at radius 1 is 1.21 bits per heavy atom. The van der Waals surface area contributed by atoms with Crippen molar-refractivity contribution < 1.29 is 13.2 Å². The smallest absolute Gasteiger partial charge is 0.270 e. The van der Waals surface area contributed by atoms with Gasteiger partial charge in [0.1, 0.15) is 0 Å². The summed E-state index contributed by atoms with van der Waals surface area (Å²) in [5, 5.41) is 3.19. The largest absolute Gasteiger partial charge is 0.381 e. The summed E-state index contributed by atoms with van der Waals surface area (Å²) in [5.74, 6) is 0.440. The van der Waals surface area contributed by atoms with Crippen LogP contribution in [-0.4, -0.2) is 37.7 Å². The molecule has 0 radical (unpaired) electrons. The topological polar surface area (TPSA) is 81.2 Å². The van der Waals surface area contributed by atoms with Crippen molar-refractivity contribution in [3.63, 3.8) is 0 Å². The van der Waals surface area contributed by atoms with E-state index in [-0.39, 0.29) is 10.5 Å². The molecular formula is C17H22N2O4S. The number of ether oxygens (including phenoxy) is 1. The Hall–Kier alpha value is -1.86. The summed E-state index contributed by atoms with van der Waals surface area (Å²) in [6.07, 6.45) is 3.10. The minimum Gasteiger partial charge on any atom is -0.381 e. The third-order valence-electron chi connectivity index (χ3n) is 4.54. The molecule has 130 valence electrons. The molecule has 6 nitrogen and oxygen atoms in total. The van der Waals surface area contributed by atoms with Crippen molar-refractivity contribution in [1.82, 2.24) is 9.78 Å². The maximum absolute atomic E-state index is 12.5. The van der Waals surface area contributed by atoms with Crippen LogP contribution in [-0.2, 0) is 21.1 Å². The number of hydrogen-bond acceptors (Lipinski definition) is 4. The van der Waals surface area contributed by atoms with Crippen molar-refractivity contribution in [2.24, 2.45) is 5.92 Å². The lowest BCUT2D eigenvalue weighted by atomic mass is 10.0. The molecule has 1 aliphatic rings. The average molecular weight is 350 g/mol. The van der Waals surface area contributed by atoms with Gasteiger partial charge in [-0.2, -0.15) is 0 Å². The van der Waals surface area contributed by atoms with Crippen LogP contribution in [0.2, 0.25) is 0 Å². The van der Waals surface area contributed by atoms with E-state index in [1.807, 2.05) is 0 Å². The summed E-state index contributed by atoms with van der Waals surface area (Å²) in [6, 6.07) is 6.59. The van der Waals surface area contributed by atoms with Gasteiger partial charge in [-0.25, -0.2) is 8.42 Å². The van der Waals surface area contributed by atoms with Gasteiger partial charge in [0.2, 0.25) is 0 Å². The number of nitrogens with one attached hydrogen (secondary N) is 1.